The van der Waals surface area contributed by atoms with Crippen molar-refractivity contribution in [3.8, 4) is 5.69 Å². The van der Waals surface area contributed by atoms with Gasteiger partial charge in [-0.2, -0.15) is 5.10 Å². The minimum absolute atomic E-state index is 0.237. The Morgan fingerprint density at radius 3 is 2.50 bits per heavy atom. The number of likely N-dealkylation sites (N-methyl/N-ethyl adjacent to an activating group) is 1. The Morgan fingerprint density at radius 2 is 1.69 bits per heavy atom. The van der Waals surface area contributed by atoms with E-state index in [1.807, 2.05) is 54.6 Å². The normalized spacial score (nSPS) is 20.6. The highest BCUT2D eigenvalue weighted by Gasteiger charge is 2.54. The predicted molar refractivity (Wildman–Crippen MR) is 96.2 cm³/mol. The topological polar surface area (TPSA) is 79.3 Å². The summed E-state index contributed by atoms with van der Waals surface area (Å²) < 4.78 is 1.64. The van der Waals surface area contributed by atoms with Gasteiger partial charge in [-0.1, -0.05) is 36.4 Å². The van der Waals surface area contributed by atoms with E-state index in [9.17, 15) is 9.59 Å². The van der Waals surface area contributed by atoms with Crippen molar-refractivity contribution < 1.29 is 9.59 Å². The van der Waals surface area contributed by atoms with Crippen LogP contribution in [0.3, 0.4) is 0 Å². The molecule has 0 fully saturated rings. The van der Waals surface area contributed by atoms with E-state index in [1.54, 1.807) is 16.6 Å². The predicted octanol–water partition coefficient (Wildman–Crippen LogP) is 1.86. The van der Waals surface area contributed by atoms with Crippen molar-refractivity contribution in [2.75, 3.05) is 17.3 Å². The first-order valence-electron chi connectivity index (χ1n) is 8.23. The molecule has 0 bridgehead atoms. The summed E-state index contributed by atoms with van der Waals surface area (Å²) in [5.41, 5.74) is 1.35. The molecule has 128 valence electrons. The summed E-state index contributed by atoms with van der Waals surface area (Å²) in [7, 11) is 1.70. The molecule has 2 aliphatic rings. The molecule has 2 aliphatic heterocycles. The van der Waals surface area contributed by atoms with Gasteiger partial charge in [-0.25, -0.2) is 4.68 Å². The molecule has 3 heterocycles. The Hall–Kier alpha value is -3.61. The molecule has 0 unspecified atom stereocenters. The van der Waals surface area contributed by atoms with Gasteiger partial charge in [-0.15, -0.1) is 0 Å². The number of carbonyl (C=O) groups is 2. The van der Waals surface area contributed by atoms with Crippen LogP contribution in [-0.2, 0) is 10.5 Å². The number of benzene rings is 2. The fraction of sp³-hybridized carbons (Fsp3) is 0.105. The second-order valence-corrected chi connectivity index (χ2v) is 6.36. The number of hydrogen-bond donors (Lipinski definition) is 2. The number of amides is 2. The van der Waals surface area contributed by atoms with Gasteiger partial charge in [0.1, 0.15) is 11.4 Å². The van der Waals surface area contributed by atoms with Crippen LogP contribution in [0, 0.1) is 0 Å². The van der Waals surface area contributed by atoms with Crippen molar-refractivity contribution in [3.63, 3.8) is 0 Å². The summed E-state index contributed by atoms with van der Waals surface area (Å²) in [5, 5.41) is 10.5. The Labute approximate surface area is 149 Å². The number of aromatic nitrogens is 2. The molecule has 7 nitrogen and oxygen atoms in total. The first-order valence-corrected chi connectivity index (χ1v) is 8.23. The van der Waals surface area contributed by atoms with Crippen molar-refractivity contribution >= 4 is 23.3 Å². The lowest BCUT2D eigenvalue weighted by atomic mass is 9.97. The number of nitrogens with one attached hydrogen (secondary N) is 2. The smallest absolute Gasteiger partial charge is 0.278 e. The second-order valence-electron chi connectivity index (χ2n) is 6.36. The van der Waals surface area contributed by atoms with Crippen LogP contribution in [0.15, 0.2) is 60.8 Å². The van der Waals surface area contributed by atoms with Crippen LogP contribution in [0.5, 0.6) is 0 Å². The highest BCUT2D eigenvalue weighted by atomic mass is 16.2. The minimum Gasteiger partial charge on any atom is -0.335 e. The van der Waals surface area contributed by atoms with Gasteiger partial charge in [0.15, 0.2) is 0 Å². The number of rotatable bonds is 1. The van der Waals surface area contributed by atoms with Crippen molar-refractivity contribution in [3.05, 3.63) is 71.9 Å². The number of fused-ring (bicyclic) bond motifs is 3. The summed E-state index contributed by atoms with van der Waals surface area (Å²) in [6, 6.07) is 16.9. The Bertz CT molecular complexity index is 1060. The van der Waals surface area contributed by atoms with Gasteiger partial charge in [0, 0.05) is 12.6 Å². The van der Waals surface area contributed by atoms with Gasteiger partial charge in [0.2, 0.25) is 5.66 Å². The van der Waals surface area contributed by atoms with Crippen LogP contribution < -0.4 is 15.5 Å². The van der Waals surface area contributed by atoms with E-state index in [0.717, 1.165) is 11.4 Å². The van der Waals surface area contributed by atoms with Crippen LogP contribution >= 0.6 is 0 Å². The lowest BCUT2D eigenvalue weighted by Gasteiger charge is -2.35. The zero-order chi connectivity index (χ0) is 17.9. The molecule has 3 aromatic rings. The number of nitrogens with zero attached hydrogens (tertiary/aromatic N) is 3. The zero-order valence-corrected chi connectivity index (χ0v) is 13.9. The van der Waals surface area contributed by atoms with E-state index in [4.69, 9.17) is 0 Å². The van der Waals surface area contributed by atoms with Crippen molar-refractivity contribution in [2.24, 2.45) is 0 Å². The summed E-state index contributed by atoms with van der Waals surface area (Å²) in [6.45, 7) is 0. The highest BCUT2D eigenvalue weighted by molar-refractivity contribution is 6.14. The first kappa shape index (κ1) is 14.7. The Morgan fingerprint density at radius 1 is 0.962 bits per heavy atom. The summed E-state index contributed by atoms with van der Waals surface area (Å²) in [4.78, 5) is 27.4. The van der Waals surface area contributed by atoms with Crippen LogP contribution in [0.25, 0.3) is 5.69 Å². The van der Waals surface area contributed by atoms with Gasteiger partial charge in [-0.05, 0) is 18.2 Å². The Kier molecular flexibility index (Phi) is 2.80. The summed E-state index contributed by atoms with van der Waals surface area (Å²) in [6.07, 6.45) is 1.51. The van der Waals surface area contributed by atoms with Gasteiger partial charge in [0.05, 0.1) is 17.6 Å². The molecule has 0 saturated heterocycles. The van der Waals surface area contributed by atoms with Gasteiger partial charge >= 0.3 is 0 Å². The number of hydrogen-bond acceptors (Lipinski definition) is 4. The Balaban J connectivity index is 1.71. The third-order valence-electron chi connectivity index (χ3n) is 4.92. The molecule has 2 N–H and O–H groups in total. The summed E-state index contributed by atoms with van der Waals surface area (Å²) in [5.74, 6) is -0.0729. The van der Waals surface area contributed by atoms with E-state index < -0.39 is 5.66 Å². The fourth-order valence-electron chi connectivity index (χ4n) is 3.65. The maximum absolute atomic E-state index is 13.1. The maximum Gasteiger partial charge on any atom is 0.278 e. The van der Waals surface area contributed by atoms with Crippen LogP contribution in [0.4, 0.5) is 11.5 Å². The molecule has 0 radical (unpaired) electrons. The van der Waals surface area contributed by atoms with E-state index in [2.05, 4.69) is 15.7 Å². The molecular weight excluding hydrogens is 330 g/mol. The fourth-order valence-corrected chi connectivity index (χ4v) is 3.65. The second kappa shape index (κ2) is 4.95. The number of anilines is 2. The maximum atomic E-state index is 13.1. The molecule has 0 aliphatic carbocycles. The molecule has 1 aromatic heterocycles. The van der Waals surface area contributed by atoms with Gasteiger partial charge in [-0.3, -0.25) is 9.59 Å². The highest BCUT2D eigenvalue weighted by Crippen LogP contribution is 2.42. The van der Waals surface area contributed by atoms with Crippen molar-refractivity contribution in [1.82, 2.24) is 15.1 Å². The van der Waals surface area contributed by atoms with E-state index >= 15 is 0 Å². The third kappa shape index (κ3) is 1.74. The van der Waals surface area contributed by atoms with E-state index in [0.29, 0.717) is 16.9 Å². The van der Waals surface area contributed by atoms with E-state index in [-0.39, 0.29) is 11.8 Å². The lowest BCUT2D eigenvalue weighted by molar-refractivity contribution is -0.122. The molecule has 2 aromatic carbocycles. The van der Waals surface area contributed by atoms with Gasteiger partial charge in [0.25, 0.3) is 11.8 Å². The van der Waals surface area contributed by atoms with Crippen molar-refractivity contribution in [2.45, 2.75) is 5.66 Å². The van der Waals surface area contributed by atoms with E-state index in [1.165, 1.54) is 6.20 Å². The zero-order valence-electron chi connectivity index (χ0n) is 13.9. The molecule has 5 rings (SSSR count). The first-order chi connectivity index (χ1) is 12.6. The molecule has 26 heavy (non-hydrogen) atoms. The molecule has 7 heteroatoms. The number of para-hydroxylation sites is 2. The molecule has 1 spiro atoms. The molecule has 0 saturated carbocycles. The molecular formula is C19H15N5O2. The minimum atomic E-state index is -1.33. The van der Waals surface area contributed by atoms with Crippen LogP contribution in [0.2, 0.25) is 0 Å². The molecule has 2 amide bonds. The molecule has 1 atom stereocenters. The lowest BCUT2D eigenvalue weighted by Crippen LogP contribution is -2.60. The average Bonchev–Trinajstić information content (AvgIpc) is 3.18. The third-order valence-corrected chi connectivity index (χ3v) is 4.92. The quantitative estimate of drug-likeness (QED) is 0.706. The SMILES string of the molecule is CN1C(=O)[C@@]2(NC(=O)c3cnn(-c4ccccc4)c3N2)c2ccccc21. The largest absolute Gasteiger partial charge is 0.335 e. The van der Waals surface area contributed by atoms with Crippen LogP contribution in [-0.4, -0.2) is 28.6 Å². The summed E-state index contributed by atoms with van der Waals surface area (Å²) >= 11 is 0. The number of carbonyl (C=O) groups excluding carboxylic acids is 2. The standard InChI is InChI=1S/C19H15N5O2/c1-23-15-10-6-5-9-14(15)19(18(23)26)21-16-13(17(25)22-19)11-20-24(16)12-7-3-2-4-8-12/h2-11,21H,1H3,(H,22,25)/t19-/m0/s1. The monoisotopic (exact) mass is 345 g/mol. The van der Waals surface area contributed by atoms with Crippen molar-refractivity contribution in [1.29, 1.82) is 0 Å². The average molecular weight is 345 g/mol. The van der Waals surface area contributed by atoms with Gasteiger partial charge < -0.3 is 15.5 Å². The van der Waals surface area contributed by atoms with Crippen LogP contribution in [0.1, 0.15) is 15.9 Å².